The monoisotopic (exact) mass is 326 g/mol. The van der Waals surface area contributed by atoms with Gasteiger partial charge in [-0.3, -0.25) is 0 Å². The second kappa shape index (κ2) is 7.17. The average molecular weight is 326 g/mol. The van der Waals surface area contributed by atoms with Gasteiger partial charge in [0.1, 0.15) is 11.6 Å². The van der Waals surface area contributed by atoms with Crippen molar-refractivity contribution in [1.82, 2.24) is 9.97 Å². The van der Waals surface area contributed by atoms with Crippen molar-refractivity contribution in [1.29, 1.82) is 0 Å². The van der Waals surface area contributed by atoms with Crippen LogP contribution < -0.4 is 15.4 Å². The van der Waals surface area contributed by atoms with Gasteiger partial charge in [-0.2, -0.15) is 18.2 Å². The maximum atomic E-state index is 12.9. The number of methoxy groups -OCH3 is 1. The summed E-state index contributed by atoms with van der Waals surface area (Å²) in [4.78, 5) is 7.50. The zero-order valence-electron chi connectivity index (χ0n) is 12.7. The fourth-order valence-electron chi connectivity index (χ4n) is 1.90. The van der Waals surface area contributed by atoms with Gasteiger partial charge in [0.2, 0.25) is 5.95 Å². The molecule has 2 aromatic rings. The Morgan fingerprint density at radius 3 is 2.57 bits per heavy atom. The molecule has 0 bridgehead atoms. The highest BCUT2D eigenvalue weighted by molar-refractivity contribution is 5.44. The first kappa shape index (κ1) is 16.9. The molecule has 8 heteroatoms. The zero-order valence-corrected chi connectivity index (χ0v) is 12.7. The van der Waals surface area contributed by atoms with Crippen molar-refractivity contribution < 1.29 is 17.9 Å². The van der Waals surface area contributed by atoms with E-state index in [0.29, 0.717) is 18.8 Å². The van der Waals surface area contributed by atoms with E-state index in [9.17, 15) is 13.2 Å². The van der Waals surface area contributed by atoms with Crippen LogP contribution in [0.1, 0.15) is 18.2 Å². The van der Waals surface area contributed by atoms with Gasteiger partial charge in [0.05, 0.1) is 7.11 Å². The summed E-state index contributed by atoms with van der Waals surface area (Å²) in [6.07, 6.45) is -4.53. The minimum absolute atomic E-state index is 0.0598. The summed E-state index contributed by atoms with van der Waals surface area (Å²) in [6, 6.07) is 8.12. The van der Waals surface area contributed by atoms with Gasteiger partial charge in [-0.05, 0) is 24.6 Å². The van der Waals surface area contributed by atoms with E-state index >= 15 is 0 Å². The molecule has 2 N–H and O–H groups in total. The van der Waals surface area contributed by atoms with E-state index in [1.165, 1.54) is 0 Å². The van der Waals surface area contributed by atoms with Gasteiger partial charge in [0.25, 0.3) is 0 Å². The van der Waals surface area contributed by atoms with Crippen molar-refractivity contribution in [3.05, 3.63) is 41.6 Å². The molecule has 124 valence electrons. The summed E-state index contributed by atoms with van der Waals surface area (Å²) in [5, 5.41) is 5.57. The van der Waals surface area contributed by atoms with E-state index < -0.39 is 11.9 Å². The van der Waals surface area contributed by atoms with Crippen molar-refractivity contribution in [3.8, 4) is 5.75 Å². The lowest BCUT2D eigenvalue weighted by Gasteiger charge is -2.12. The number of benzene rings is 1. The molecular formula is C15H17F3N4O. The van der Waals surface area contributed by atoms with Crippen LogP contribution in [-0.2, 0) is 12.7 Å². The highest BCUT2D eigenvalue weighted by Crippen LogP contribution is 2.29. The first-order chi connectivity index (χ1) is 10.9. The van der Waals surface area contributed by atoms with E-state index in [0.717, 1.165) is 11.6 Å². The molecule has 0 unspecified atom stereocenters. The van der Waals surface area contributed by atoms with E-state index in [4.69, 9.17) is 4.74 Å². The van der Waals surface area contributed by atoms with Crippen molar-refractivity contribution in [3.63, 3.8) is 0 Å². The fraction of sp³-hybridized carbons (Fsp3) is 0.333. The van der Waals surface area contributed by atoms with Crippen LogP contribution >= 0.6 is 0 Å². The quantitative estimate of drug-likeness (QED) is 0.850. The Bertz CT molecular complexity index is 661. The minimum atomic E-state index is -4.53. The molecule has 0 aliphatic heterocycles. The molecule has 1 heterocycles. The average Bonchev–Trinajstić information content (AvgIpc) is 2.52. The van der Waals surface area contributed by atoms with Crippen molar-refractivity contribution >= 4 is 11.8 Å². The number of nitrogens with one attached hydrogen (secondary N) is 2. The molecule has 0 atom stereocenters. The maximum absolute atomic E-state index is 12.9. The number of alkyl halides is 3. The van der Waals surface area contributed by atoms with E-state index in [1.807, 2.05) is 6.07 Å². The third-order valence-electron chi connectivity index (χ3n) is 2.96. The normalized spacial score (nSPS) is 11.2. The Morgan fingerprint density at radius 2 is 1.91 bits per heavy atom. The van der Waals surface area contributed by atoms with E-state index in [-0.39, 0.29) is 11.8 Å². The number of aromatic nitrogens is 2. The van der Waals surface area contributed by atoms with Gasteiger partial charge < -0.3 is 15.4 Å². The predicted molar refractivity (Wildman–Crippen MR) is 81.5 cm³/mol. The standard InChI is InChI=1S/C15H17F3N4O/c1-3-19-14-21-12(15(16,17)18)8-13(22-14)20-9-10-5-4-6-11(7-10)23-2/h4-8H,3,9H2,1-2H3,(H2,19,20,21,22). The molecule has 0 fully saturated rings. The van der Waals surface area contributed by atoms with Crippen LogP contribution in [-0.4, -0.2) is 23.6 Å². The Labute approximate surface area is 131 Å². The highest BCUT2D eigenvalue weighted by atomic mass is 19.4. The van der Waals surface area contributed by atoms with Gasteiger partial charge >= 0.3 is 6.18 Å². The third kappa shape index (κ3) is 4.73. The molecule has 0 radical (unpaired) electrons. The van der Waals surface area contributed by atoms with Crippen LogP contribution in [0.25, 0.3) is 0 Å². The summed E-state index contributed by atoms with van der Waals surface area (Å²) >= 11 is 0. The van der Waals surface area contributed by atoms with Gasteiger partial charge in [-0.1, -0.05) is 12.1 Å². The molecule has 5 nitrogen and oxygen atoms in total. The SMILES string of the molecule is CCNc1nc(NCc2cccc(OC)c2)cc(C(F)(F)F)n1. The number of hydrogen-bond acceptors (Lipinski definition) is 5. The number of anilines is 2. The Hall–Kier alpha value is -2.51. The summed E-state index contributed by atoms with van der Waals surface area (Å²) in [6.45, 7) is 2.50. The molecule has 0 spiro atoms. The molecule has 1 aromatic carbocycles. The first-order valence-electron chi connectivity index (χ1n) is 6.99. The second-order valence-corrected chi connectivity index (χ2v) is 4.70. The van der Waals surface area contributed by atoms with Crippen LogP contribution in [0.4, 0.5) is 24.9 Å². The number of hydrogen-bond donors (Lipinski definition) is 2. The number of halogens is 3. The minimum Gasteiger partial charge on any atom is -0.497 e. The lowest BCUT2D eigenvalue weighted by Crippen LogP contribution is -2.14. The summed E-state index contributed by atoms with van der Waals surface area (Å²) in [7, 11) is 1.55. The molecule has 0 saturated carbocycles. The smallest absolute Gasteiger partial charge is 0.433 e. The van der Waals surface area contributed by atoms with Crippen molar-refractivity contribution in [2.24, 2.45) is 0 Å². The molecule has 0 saturated heterocycles. The Balaban J connectivity index is 2.19. The van der Waals surface area contributed by atoms with Crippen LogP contribution in [0.15, 0.2) is 30.3 Å². The maximum Gasteiger partial charge on any atom is 0.433 e. The summed E-state index contributed by atoms with van der Waals surface area (Å²) in [5.74, 6) is 0.720. The Kier molecular flexibility index (Phi) is 5.25. The molecule has 23 heavy (non-hydrogen) atoms. The number of nitrogens with zero attached hydrogens (tertiary/aromatic N) is 2. The molecule has 0 aliphatic carbocycles. The van der Waals surface area contributed by atoms with Gasteiger partial charge in [-0.15, -0.1) is 0 Å². The van der Waals surface area contributed by atoms with Crippen LogP contribution in [0.2, 0.25) is 0 Å². The van der Waals surface area contributed by atoms with Gasteiger partial charge in [0, 0.05) is 19.2 Å². The Morgan fingerprint density at radius 1 is 1.13 bits per heavy atom. The topological polar surface area (TPSA) is 59.1 Å². The van der Waals surface area contributed by atoms with Gasteiger partial charge in [0.15, 0.2) is 5.69 Å². The third-order valence-corrected chi connectivity index (χ3v) is 2.96. The van der Waals surface area contributed by atoms with Crippen LogP contribution in [0, 0.1) is 0 Å². The number of ether oxygens (including phenoxy) is 1. The largest absolute Gasteiger partial charge is 0.497 e. The predicted octanol–water partition coefficient (Wildman–Crippen LogP) is 3.55. The molecule has 0 amide bonds. The summed E-state index contributed by atoms with van der Waals surface area (Å²) in [5.41, 5.74) is -0.127. The van der Waals surface area contributed by atoms with E-state index in [1.54, 1.807) is 32.2 Å². The van der Waals surface area contributed by atoms with E-state index in [2.05, 4.69) is 20.6 Å². The molecule has 2 rings (SSSR count). The summed E-state index contributed by atoms with van der Waals surface area (Å²) < 4.78 is 43.8. The zero-order chi connectivity index (χ0) is 16.9. The highest BCUT2D eigenvalue weighted by Gasteiger charge is 2.33. The molecule has 1 aromatic heterocycles. The number of rotatable bonds is 6. The van der Waals surface area contributed by atoms with Gasteiger partial charge in [-0.25, -0.2) is 4.98 Å². The lowest BCUT2D eigenvalue weighted by molar-refractivity contribution is -0.141. The first-order valence-corrected chi connectivity index (χ1v) is 6.99. The lowest BCUT2D eigenvalue weighted by atomic mass is 10.2. The van der Waals surface area contributed by atoms with Crippen molar-refractivity contribution in [2.45, 2.75) is 19.6 Å². The van der Waals surface area contributed by atoms with Crippen molar-refractivity contribution in [2.75, 3.05) is 24.3 Å². The van der Waals surface area contributed by atoms with Crippen LogP contribution in [0.3, 0.4) is 0 Å². The molecule has 0 aliphatic rings. The molecular weight excluding hydrogens is 309 g/mol. The second-order valence-electron chi connectivity index (χ2n) is 4.70. The van der Waals surface area contributed by atoms with Crippen LogP contribution in [0.5, 0.6) is 5.75 Å². The fourth-order valence-corrected chi connectivity index (χ4v) is 1.90.